The van der Waals surface area contributed by atoms with Crippen LogP contribution in [-0.4, -0.2) is 43.6 Å². The Labute approximate surface area is 231 Å². The van der Waals surface area contributed by atoms with Gasteiger partial charge in [0.25, 0.3) is 0 Å². The highest BCUT2D eigenvalue weighted by Crippen LogP contribution is 2.37. The molecule has 2 aliphatic rings. The van der Waals surface area contributed by atoms with Gasteiger partial charge >= 0.3 is 10.1 Å². The Morgan fingerprint density at radius 2 is 1.85 bits per heavy atom. The van der Waals surface area contributed by atoms with Crippen molar-refractivity contribution < 1.29 is 31.3 Å². The molecule has 0 saturated carbocycles. The van der Waals surface area contributed by atoms with E-state index in [1.807, 2.05) is 24.1 Å². The number of amides is 1. The fraction of sp³-hybridized carbons (Fsp3) is 0.429. The van der Waals surface area contributed by atoms with Crippen molar-refractivity contribution in [3.63, 3.8) is 0 Å². The molecule has 0 N–H and O–H groups in total. The molecule has 1 amide bonds. The molecule has 1 aromatic heterocycles. The molecule has 0 spiro atoms. The Balaban J connectivity index is 1.20. The summed E-state index contributed by atoms with van der Waals surface area (Å²) in [6.07, 6.45) is 2.16. The second-order valence-corrected chi connectivity index (χ2v) is 12.6. The van der Waals surface area contributed by atoms with Gasteiger partial charge in [-0.1, -0.05) is 23.8 Å². The van der Waals surface area contributed by atoms with Gasteiger partial charge in [-0.2, -0.15) is 8.42 Å². The smallest absolute Gasteiger partial charge is 0.306 e. The van der Waals surface area contributed by atoms with Crippen LogP contribution in [0.25, 0.3) is 0 Å². The van der Waals surface area contributed by atoms with E-state index in [1.165, 1.54) is 17.4 Å². The number of piperidine rings is 1. The normalized spacial score (nSPS) is 18.5. The summed E-state index contributed by atoms with van der Waals surface area (Å²) >= 11 is 1.52. The molecule has 1 fully saturated rings. The summed E-state index contributed by atoms with van der Waals surface area (Å²) in [6.45, 7) is 5.23. The number of carbonyl (C=O) groups is 1. The number of hydrogen-bond donors (Lipinski definition) is 0. The summed E-state index contributed by atoms with van der Waals surface area (Å²) in [5.74, 6) is -0.124. The second-order valence-electron chi connectivity index (χ2n) is 10.1. The molecule has 1 saturated heterocycles. The van der Waals surface area contributed by atoms with Crippen LogP contribution in [0.3, 0.4) is 0 Å². The van der Waals surface area contributed by atoms with Gasteiger partial charge in [-0.25, -0.2) is 9.37 Å². The van der Waals surface area contributed by atoms with Crippen LogP contribution < -0.4 is 4.18 Å². The lowest BCUT2D eigenvalue weighted by Gasteiger charge is -2.31. The zero-order valence-corrected chi connectivity index (χ0v) is 23.7. The summed E-state index contributed by atoms with van der Waals surface area (Å²) in [4.78, 5) is 19.7. The van der Waals surface area contributed by atoms with Crippen molar-refractivity contribution in [2.24, 2.45) is 0 Å². The molecule has 5 rings (SSSR count). The van der Waals surface area contributed by atoms with E-state index in [4.69, 9.17) is 18.6 Å². The number of thiazole rings is 1. The maximum absolute atomic E-state index is 14.5. The lowest BCUT2D eigenvalue weighted by atomic mass is 9.96. The Hall–Kier alpha value is -2.86. The standard InChI is InChI=1S/C28H31FN2O6S2/c1-17-4-5-18(2)20(12-17)13-26(32)31-10-8-19(9-11-31)27-30-24(16-38-27)28-35-14-21-22(15-36-28)25(7-6-23(21)29)37-39(3,33)34/h4-7,12,16,19,28H,8-11,13-15H2,1-3H3. The van der Waals surface area contributed by atoms with E-state index in [0.29, 0.717) is 30.8 Å². The molecule has 11 heteroatoms. The van der Waals surface area contributed by atoms with Gasteiger partial charge in [0.05, 0.1) is 30.9 Å². The summed E-state index contributed by atoms with van der Waals surface area (Å²) in [7, 11) is -3.79. The molecule has 0 bridgehead atoms. The number of aryl methyl sites for hydroxylation is 2. The molecule has 2 aliphatic heterocycles. The highest BCUT2D eigenvalue weighted by atomic mass is 32.2. The van der Waals surface area contributed by atoms with Crippen molar-refractivity contribution in [1.82, 2.24) is 9.88 Å². The van der Waals surface area contributed by atoms with E-state index in [-0.39, 0.29) is 36.4 Å². The largest absolute Gasteiger partial charge is 0.382 e. The summed E-state index contributed by atoms with van der Waals surface area (Å²) in [5.41, 5.74) is 4.45. The van der Waals surface area contributed by atoms with Crippen LogP contribution in [0.2, 0.25) is 0 Å². The fourth-order valence-electron chi connectivity index (χ4n) is 4.97. The van der Waals surface area contributed by atoms with Gasteiger partial charge in [0.2, 0.25) is 12.2 Å². The quantitative estimate of drug-likeness (QED) is 0.385. The number of aromatic nitrogens is 1. The summed E-state index contributed by atoms with van der Waals surface area (Å²) in [5, 5.41) is 2.83. The fourth-order valence-corrected chi connectivity index (χ4v) is 6.45. The van der Waals surface area contributed by atoms with E-state index in [1.54, 1.807) is 0 Å². The predicted octanol–water partition coefficient (Wildman–Crippen LogP) is 4.93. The van der Waals surface area contributed by atoms with Gasteiger partial charge in [-0.3, -0.25) is 4.79 Å². The molecule has 39 heavy (non-hydrogen) atoms. The molecular weight excluding hydrogens is 543 g/mol. The number of carbonyl (C=O) groups excluding carboxylic acids is 1. The lowest BCUT2D eigenvalue weighted by molar-refractivity contribution is -0.155. The first-order chi connectivity index (χ1) is 18.6. The Kier molecular flexibility index (Phi) is 8.04. The average Bonchev–Trinajstić information content (AvgIpc) is 3.27. The van der Waals surface area contributed by atoms with Crippen molar-refractivity contribution in [2.75, 3.05) is 19.3 Å². The molecule has 2 aromatic carbocycles. The third-order valence-corrected chi connectivity index (χ3v) is 8.66. The molecule has 1 unspecified atom stereocenters. The third-order valence-electron chi connectivity index (χ3n) is 7.15. The van der Waals surface area contributed by atoms with Crippen molar-refractivity contribution in [3.8, 4) is 5.75 Å². The number of halogens is 1. The van der Waals surface area contributed by atoms with Crippen LogP contribution >= 0.6 is 11.3 Å². The maximum atomic E-state index is 14.5. The third kappa shape index (κ3) is 6.49. The highest BCUT2D eigenvalue weighted by Gasteiger charge is 2.29. The van der Waals surface area contributed by atoms with E-state index in [0.717, 1.165) is 46.9 Å². The molecule has 3 heterocycles. The van der Waals surface area contributed by atoms with Crippen molar-refractivity contribution in [2.45, 2.75) is 58.5 Å². The van der Waals surface area contributed by atoms with Crippen molar-refractivity contribution in [3.05, 3.63) is 80.0 Å². The monoisotopic (exact) mass is 574 g/mol. The summed E-state index contributed by atoms with van der Waals surface area (Å²) in [6, 6.07) is 8.64. The SMILES string of the molecule is Cc1ccc(C)c(CC(=O)N2CCC(c3nc(C4OCc5c(F)ccc(OS(C)(=O)=O)c5CO4)cs3)CC2)c1. The van der Waals surface area contributed by atoms with Gasteiger partial charge in [0.15, 0.2) is 0 Å². The molecule has 208 valence electrons. The first kappa shape index (κ1) is 27.7. The Morgan fingerprint density at radius 3 is 2.56 bits per heavy atom. The molecule has 1 atom stereocenters. The molecule has 8 nitrogen and oxygen atoms in total. The molecule has 3 aromatic rings. The van der Waals surface area contributed by atoms with Crippen molar-refractivity contribution in [1.29, 1.82) is 0 Å². The number of benzene rings is 2. The van der Waals surface area contributed by atoms with Gasteiger partial charge < -0.3 is 18.6 Å². The molecule has 0 aliphatic carbocycles. The number of nitrogens with zero attached hydrogens (tertiary/aromatic N) is 2. The van der Waals surface area contributed by atoms with Crippen LogP contribution in [0, 0.1) is 19.7 Å². The first-order valence-electron chi connectivity index (χ1n) is 12.8. The number of ether oxygens (including phenoxy) is 2. The van der Waals surface area contributed by atoms with Crippen LogP contribution in [0.1, 0.15) is 63.6 Å². The minimum Gasteiger partial charge on any atom is -0.382 e. The highest BCUT2D eigenvalue weighted by molar-refractivity contribution is 7.86. The van der Waals surface area contributed by atoms with Gasteiger partial charge in [-0.05, 0) is 49.9 Å². The number of fused-ring (bicyclic) bond motifs is 1. The van der Waals surface area contributed by atoms with Gasteiger partial charge in [0.1, 0.15) is 17.3 Å². The van der Waals surface area contributed by atoms with Crippen LogP contribution in [0.4, 0.5) is 4.39 Å². The molecular formula is C28H31FN2O6S2. The number of hydrogen-bond acceptors (Lipinski definition) is 8. The number of rotatable bonds is 6. The Morgan fingerprint density at radius 1 is 1.13 bits per heavy atom. The second kappa shape index (κ2) is 11.3. The number of likely N-dealkylation sites (tertiary alicyclic amines) is 1. The van der Waals surface area contributed by atoms with E-state index < -0.39 is 22.2 Å². The lowest BCUT2D eigenvalue weighted by Crippen LogP contribution is -2.38. The van der Waals surface area contributed by atoms with Crippen LogP contribution in [-0.2, 0) is 44.0 Å². The summed E-state index contributed by atoms with van der Waals surface area (Å²) < 4.78 is 54.5. The Bertz CT molecular complexity index is 1480. The zero-order valence-electron chi connectivity index (χ0n) is 22.1. The first-order valence-corrected chi connectivity index (χ1v) is 15.5. The van der Waals surface area contributed by atoms with Crippen molar-refractivity contribution >= 4 is 27.4 Å². The zero-order chi connectivity index (χ0) is 27.7. The average molecular weight is 575 g/mol. The minimum atomic E-state index is -3.79. The predicted molar refractivity (Wildman–Crippen MR) is 144 cm³/mol. The maximum Gasteiger partial charge on any atom is 0.306 e. The van der Waals surface area contributed by atoms with Crippen LogP contribution in [0.15, 0.2) is 35.7 Å². The van der Waals surface area contributed by atoms with E-state index >= 15 is 0 Å². The van der Waals surface area contributed by atoms with Gasteiger partial charge in [-0.15, -0.1) is 11.3 Å². The minimum absolute atomic E-state index is 0.0241. The van der Waals surface area contributed by atoms with Crippen LogP contribution in [0.5, 0.6) is 5.75 Å². The molecule has 0 radical (unpaired) electrons. The van der Waals surface area contributed by atoms with E-state index in [2.05, 4.69) is 18.2 Å². The van der Waals surface area contributed by atoms with Gasteiger partial charge in [0, 0.05) is 35.5 Å². The van der Waals surface area contributed by atoms with E-state index in [9.17, 15) is 17.6 Å². The topological polar surface area (TPSA) is 95.0 Å².